The summed E-state index contributed by atoms with van der Waals surface area (Å²) in [6.07, 6.45) is 0.932. The predicted octanol–water partition coefficient (Wildman–Crippen LogP) is 1.01. The van der Waals surface area contributed by atoms with Gasteiger partial charge in [-0.25, -0.2) is 0 Å². The molecule has 0 bridgehead atoms. The lowest BCUT2D eigenvalue weighted by molar-refractivity contribution is 0.0958. The van der Waals surface area contributed by atoms with Crippen LogP contribution in [0.3, 0.4) is 0 Å². The summed E-state index contributed by atoms with van der Waals surface area (Å²) in [6.45, 7) is 7.52. The van der Waals surface area contributed by atoms with Crippen molar-refractivity contribution in [2.75, 3.05) is 26.9 Å². The van der Waals surface area contributed by atoms with Crippen LogP contribution in [-0.2, 0) is 22.6 Å². The van der Waals surface area contributed by atoms with Gasteiger partial charge in [-0.05, 0) is 20.3 Å². The Hall–Kier alpha value is -0.910. The summed E-state index contributed by atoms with van der Waals surface area (Å²) in [6, 6.07) is 0. The van der Waals surface area contributed by atoms with Crippen LogP contribution in [0.1, 0.15) is 23.4 Å². The fourth-order valence-corrected chi connectivity index (χ4v) is 1.81. The lowest BCUT2D eigenvalue weighted by Gasteiger charge is -2.06. The van der Waals surface area contributed by atoms with E-state index in [1.165, 1.54) is 0 Å². The Bertz CT molecular complexity index is 337. The molecule has 0 fully saturated rings. The zero-order chi connectivity index (χ0) is 12.7. The standard InChI is InChI=1S/C12H23N3O2/c1-10-12(9-13)11(2)15(14-10)5-8-17-7-4-6-16-3/h4-9,13H2,1-3H3. The topological polar surface area (TPSA) is 62.3 Å². The largest absolute Gasteiger partial charge is 0.385 e. The van der Waals surface area contributed by atoms with E-state index in [0.29, 0.717) is 13.2 Å². The van der Waals surface area contributed by atoms with Gasteiger partial charge in [0, 0.05) is 38.1 Å². The maximum Gasteiger partial charge on any atom is 0.0662 e. The fraction of sp³-hybridized carbons (Fsp3) is 0.750. The van der Waals surface area contributed by atoms with Crippen molar-refractivity contribution in [3.63, 3.8) is 0 Å². The Morgan fingerprint density at radius 2 is 2.00 bits per heavy atom. The van der Waals surface area contributed by atoms with Gasteiger partial charge in [-0.15, -0.1) is 0 Å². The van der Waals surface area contributed by atoms with Crippen molar-refractivity contribution in [1.82, 2.24) is 9.78 Å². The highest BCUT2D eigenvalue weighted by molar-refractivity contribution is 5.23. The molecule has 17 heavy (non-hydrogen) atoms. The Morgan fingerprint density at radius 1 is 1.24 bits per heavy atom. The molecule has 0 saturated heterocycles. The molecule has 0 aliphatic heterocycles. The van der Waals surface area contributed by atoms with Crippen molar-refractivity contribution >= 4 is 0 Å². The van der Waals surface area contributed by atoms with Gasteiger partial charge >= 0.3 is 0 Å². The average molecular weight is 241 g/mol. The predicted molar refractivity (Wildman–Crippen MR) is 66.9 cm³/mol. The number of ether oxygens (including phenoxy) is 2. The number of nitrogens with zero attached hydrogens (tertiary/aromatic N) is 2. The molecular weight excluding hydrogens is 218 g/mol. The monoisotopic (exact) mass is 241 g/mol. The molecule has 0 saturated carbocycles. The Kier molecular flexibility index (Phi) is 6.18. The van der Waals surface area contributed by atoms with Crippen molar-refractivity contribution in [3.05, 3.63) is 17.0 Å². The molecule has 0 amide bonds. The van der Waals surface area contributed by atoms with E-state index in [1.807, 2.05) is 18.5 Å². The third kappa shape index (κ3) is 4.11. The van der Waals surface area contributed by atoms with Crippen molar-refractivity contribution < 1.29 is 9.47 Å². The van der Waals surface area contributed by atoms with Gasteiger partial charge < -0.3 is 15.2 Å². The Labute approximate surface area is 103 Å². The van der Waals surface area contributed by atoms with Crippen LogP contribution in [0.25, 0.3) is 0 Å². The zero-order valence-electron chi connectivity index (χ0n) is 11.0. The molecule has 0 atom stereocenters. The maximum atomic E-state index is 5.68. The third-order valence-corrected chi connectivity index (χ3v) is 2.82. The Morgan fingerprint density at radius 3 is 2.59 bits per heavy atom. The Balaban J connectivity index is 2.32. The first-order valence-electron chi connectivity index (χ1n) is 6.00. The fourth-order valence-electron chi connectivity index (χ4n) is 1.81. The molecule has 0 aliphatic carbocycles. The third-order valence-electron chi connectivity index (χ3n) is 2.82. The van der Waals surface area contributed by atoms with E-state index >= 15 is 0 Å². The summed E-state index contributed by atoms with van der Waals surface area (Å²) in [5, 5.41) is 4.45. The molecule has 0 unspecified atom stereocenters. The number of hydrogen-bond donors (Lipinski definition) is 1. The molecular formula is C12H23N3O2. The second-order valence-corrected chi connectivity index (χ2v) is 4.04. The second-order valence-electron chi connectivity index (χ2n) is 4.04. The quantitative estimate of drug-likeness (QED) is 0.690. The molecule has 5 heteroatoms. The highest BCUT2D eigenvalue weighted by atomic mass is 16.5. The van der Waals surface area contributed by atoms with Crippen LogP contribution >= 0.6 is 0 Å². The van der Waals surface area contributed by atoms with Crippen LogP contribution in [0.2, 0.25) is 0 Å². The average Bonchev–Trinajstić information content (AvgIpc) is 2.58. The zero-order valence-corrected chi connectivity index (χ0v) is 11.0. The minimum absolute atomic E-state index is 0.548. The maximum absolute atomic E-state index is 5.68. The molecule has 1 aromatic rings. The molecule has 0 aromatic carbocycles. The van der Waals surface area contributed by atoms with Gasteiger partial charge in [0.1, 0.15) is 0 Å². The van der Waals surface area contributed by atoms with Crippen LogP contribution in [0.15, 0.2) is 0 Å². The van der Waals surface area contributed by atoms with E-state index in [2.05, 4.69) is 5.10 Å². The van der Waals surface area contributed by atoms with E-state index in [-0.39, 0.29) is 0 Å². The first-order chi connectivity index (χ1) is 8.20. The van der Waals surface area contributed by atoms with Crippen LogP contribution in [-0.4, -0.2) is 36.7 Å². The highest BCUT2D eigenvalue weighted by Gasteiger charge is 2.09. The first-order valence-corrected chi connectivity index (χ1v) is 6.00. The van der Waals surface area contributed by atoms with E-state index < -0.39 is 0 Å². The lowest BCUT2D eigenvalue weighted by atomic mass is 10.2. The number of methoxy groups -OCH3 is 1. The molecule has 5 nitrogen and oxygen atoms in total. The van der Waals surface area contributed by atoms with Crippen LogP contribution in [0.5, 0.6) is 0 Å². The van der Waals surface area contributed by atoms with E-state index in [1.54, 1.807) is 7.11 Å². The molecule has 1 aromatic heterocycles. The summed E-state index contributed by atoms with van der Waals surface area (Å²) < 4.78 is 12.4. The van der Waals surface area contributed by atoms with Crippen molar-refractivity contribution in [2.24, 2.45) is 5.73 Å². The minimum atomic E-state index is 0.548. The number of aryl methyl sites for hydroxylation is 1. The summed E-state index contributed by atoms with van der Waals surface area (Å²) >= 11 is 0. The number of rotatable bonds is 8. The normalized spacial score (nSPS) is 11.1. The molecule has 0 aliphatic rings. The SMILES string of the molecule is COCCCOCCn1nc(C)c(CN)c1C. The summed E-state index contributed by atoms with van der Waals surface area (Å²) in [5.41, 5.74) is 8.98. The van der Waals surface area contributed by atoms with Gasteiger partial charge in [0.2, 0.25) is 0 Å². The molecule has 1 rings (SSSR count). The molecule has 1 heterocycles. The first kappa shape index (κ1) is 14.2. The number of aromatic nitrogens is 2. The highest BCUT2D eigenvalue weighted by Crippen LogP contribution is 2.11. The van der Waals surface area contributed by atoms with E-state index in [0.717, 1.165) is 43.1 Å². The molecule has 0 radical (unpaired) electrons. The molecule has 98 valence electrons. The van der Waals surface area contributed by atoms with Gasteiger partial charge in [-0.3, -0.25) is 4.68 Å². The van der Waals surface area contributed by atoms with Gasteiger partial charge in [0.05, 0.1) is 18.8 Å². The molecule has 0 spiro atoms. The van der Waals surface area contributed by atoms with Crippen molar-refractivity contribution in [3.8, 4) is 0 Å². The summed E-state index contributed by atoms with van der Waals surface area (Å²) in [4.78, 5) is 0. The van der Waals surface area contributed by atoms with E-state index in [4.69, 9.17) is 15.2 Å². The molecule has 2 N–H and O–H groups in total. The van der Waals surface area contributed by atoms with E-state index in [9.17, 15) is 0 Å². The van der Waals surface area contributed by atoms with Gasteiger partial charge in [-0.1, -0.05) is 0 Å². The summed E-state index contributed by atoms with van der Waals surface area (Å²) in [5.74, 6) is 0. The van der Waals surface area contributed by atoms with Gasteiger partial charge in [0.15, 0.2) is 0 Å². The number of hydrogen-bond acceptors (Lipinski definition) is 4. The lowest BCUT2D eigenvalue weighted by Crippen LogP contribution is -2.11. The second kappa shape index (κ2) is 7.42. The van der Waals surface area contributed by atoms with Crippen LogP contribution in [0, 0.1) is 13.8 Å². The van der Waals surface area contributed by atoms with Crippen molar-refractivity contribution in [1.29, 1.82) is 0 Å². The number of nitrogens with two attached hydrogens (primary N) is 1. The summed E-state index contributed by atoms with van der Waals surface area (Å²) in [7, 11) is 1.70. The van der Waals surface area contributed by atoms with Crippen LogP contribution in [0.4, 0.5) is 0 Å². The van der Waals surface area contributed by atoms with Crippen molar-refractivity contribution in [2.45, 2.75) is 33.4 Å². The van der Waals surface area contributed by atoms with Gasteiger partial charge in [-0.2, -0.15) is 5.10 Å². The van der Waals surface area contributed by atoms with Crippen LogP contribution < -0.4 is 5.73 Å². The smallest absolute Gasteiger partial charge is 0.0662 e. The van der Waals surface area contributed by atoms with Gasteiger partial charge in [0.25, 0.3) is 0 Å². The minimum Gasteiger partial charge on any atom is -0.385 e.